The van der Waals surface area contributed by atoms with Crippen LogP contribution in [0.3, 0.4) is 0 Å². The Labute approximate surface area is 55.5 Å². The number of hydrogen-bond acceptors (Lipinski definition) is 1. The molecule has 0 saturated heterocycles. The van der Waals surface area contributed by atoms with E-state index in [2.05, 4.69) is 12.1 Å². The normalized spacial score (nSPS) is 9.44. The molecule has 0 fully saturated rings. The van der Waals surface area contributed by atoms with Gasteiger partial charge in [-0.3, -0.25) is 0 Å². The highest BCUT2D eigenvalue weighted by Gasteiger charge is 1.84. The maximum Gasteiger partial charge on any atom is -0.00367 e. The van der Waals surface area contributed by atoms with Gasteiger partial charge in [0, 0.05) is 0 Å². The molecule has 0 spiro atoms. The largest absolute Gasteiger partial charge is 0.330 e. The Morgan fingerprint density at radius 2 is 1.78 bits per heavy atom. The van der Waals surface area contributed by atoms with Crippen molar-refractivity contribution in [2.75, 3.05) is 6.54 Å². The smallest absolute Gasteiger partial charge is 0.00367 e. The number of hydrogen-bond donors (Lipinski definition) is 1. The summed E-state index contributed by atoms with van der Waals surface area (Å²) >= 11 is 0. The molecule has 0 radical (unpaired) electrons. The number of rotatable bonds is 2. The summed E-state index contributed by atoms with van der Waals surface area (Å²) in [6, 6.07) is 10.3. The predicted octanol–water partition coefficient (Wildman–Crippen LogP) is 1.19. The fourth-order valence-electron chi connectivity index (χ4n) is 0.811. The molecule has 0 amide bonds. The average molecular weight is 123 g/mol. The molecule has 0 heterocycles. The Kier molecular flexibility index (Phi) is 2.28. The molecule has 0 atom stereocenters. The van der Waals surface area contributed by atoms with Gasteiger partial charge in [0.2, 0.25) is 0 Å². The summed E-state index contributed by atoms with van der Waals surface area (Å²) in [5.74, 6) is 0. The van der Waals surface area contributed by atoms with Crippen LogP contribution in [0.1, 0.15) is 5.56 Å². The highest BCUT2D eigenvalue weighted by molar-refractivity contribution is 5.14. The van der Waals surface area contributed by atoms with Crippen LogP contribution in [0.25, 0.3) is 0 Å². The van der Waals surface area contributed by atoms with Crippen LogP contribution in [-0.2, 0) is 6.42 Å². The van der Waals surface area contributed by atoms with E-state index in [1.807, 2.05) is 18.2 Å². The topological polar surface area (TPSA) is 26.0 Å². The van der Waals surface area contributed by atoms with Gasteiger partial charge in [-0.2, -0.15) is 0 Å². The molecule has 1 aromatic carbocycles. The van der Waals surface area contributed by atoms with Crippen molar-refractivity contribution in [3.05, 3.63) is 35.9 Å². The van der Waals surface area contributed by atoms with Gasteiger partial charge < -0.3 is 5.73 Å². The van der Waals surface area contributed by atoms with Crippen molar-refractivity contribution in [3.8, 4) is 0 Å². The maximum atomic E-state index is 5.36. The first kappa shape index (κ1) is 6.30. The predicted molar refractivity (Wildman–Crippen MR) is 39.2 cm³/mol. The van der Waals surface area contributed by atoms with Crippen molar-refractivity contribution in [2.45, 2.75) is 6.42 Å². The lowest BCUT2D eigenvalue weighted by Crippen LogP contribution is -2.01. The lowest BCUT2D eigenvalue weighted by molar-refractivity contribution is 0.969. The summed E-state index contributed by atoms with van der Waals surface area (Å²) in [5.41, 5.74) is 6.68. The molecule has 2 N–H and O–H groups in total. The summed E-state index contributed by atoms with van der Waals surface area (Å²) in [6.45, 7) is 0.740. The quantitative estimate of drug-likeness (QED) is 0.628. The van der Waals surface area contributed by atoms with Crippen molar-refractivity contribution in [1.29, 1.82) is 0 Å². The standard InChI is InChI=1S/C8H11N/c9-7-6-8-4-2-1-3-5-8/h1-5H,6-7,9H2/i8+2. The van der Waals surface area contributed by atoms with E-state index in [4.69, 9.17) is 5.73 Å². The Morgan fingerprint density at radius 3 is 2.33 bits per heavy atom. The highest BCUT2D eigenvalue weighted by atomic mass is 14.9. The molecule has 0 aliphatic carbocycles. The van der Waals surface area contributed by atoms with Gasteiger partial charge in [-0.1, -0.05) is 30.3 Å². The lowest BCUT2D eigenvalue weighted by Gasteiger charge is -1.93. The third kappa shape index (κ3) is 1.86. The van der Waals surface area contributed by atoms with Crippen LogP contribution in [0.4, 0.5) is 0 Å². The molecule has 1 heteroatoms. The minimum absolute atomic E-state index is 0.740. The first-order valence-corrected chi connectivity index (χ1v) is 3.17. The monoisotopic (exact) mass is 123 g/mol. The molecular formula is C8H11N. The van der Waals surface area contributed by atoms with E-state index in [0.29, 0.717) is 0 Å². The lowest BCUT2D eigenvalue weighted by atomic mass is 10.5. The van der Waals surface area contributed by atoms with Crippen molar-refractivity contribution >= 4 is 0 Å². The zero-order valence-corrected chi connectivity index (χ0v) is 5.38. The van der Waals surface area contributed by atoms with Crippen molar-refractivity contribution in [2.24, 2.45) is 5.73 Å². The zero-order valence-electron chi connectivity index (χ0n) is 5.38. The second kappa shape index (κ2) is 3.25. The number of nitrogens with two attached hydrogens (primary N) is 1. The SMILES string of the molecule is NCC[14c]1ccccc1. The van der Waals surface area contributed by atoms with E-state index >= 15 is 0 Å². The number of benzene rings is 1. The molecule has 0 aliphatic rings. The highest BCUT2D eigenvalue weighted by Crippen LogP contribution is 1.96. The van der Waals surface area contributed by atoms with Gasteiger partial charge in [-0.05, 0) is 18.5 Å². The van der Waals surface area contributed by atoms with Crippen LogP contribution < -0.4 is 5.73 Å². The minimum Gasteiger partial charge on any atom is -0.330 e. The fraction of sp³-hybridized carbons (Fsp3) is 0.250. The zero-order chi connectivity index (χ0) is 6.53. The van der Waals surface area contributed by atoms with Crippen LogP contribution in [0.2, 0.25) is 0 Å². The summed E-state index contributed by atoms with van der Waals surface area (Å²) in [5, 5.41) is 0. The van der Waals surface area contributed by atoms with E-state index in [9.17, 15) is 0 Å². The third-order valence-corrected chi connectivity index (χ3v) is 1.28. The molecule has 1 nitrogen and oxygen atoms in total. The summed E-state index contributed by atoms with van der Waals surface area (Å²) in [6.07, 6.45) is 0.987. The second-order valence-corrected chi connectivity index (χ2v) is 2.02. The fourth-order valence-corrected chi connectivity index (χ4v) is 0.811. The van der Waals surface area contributed by atoms with E-state index in [-0.39, 0.29) is 0 Å². The molecule has 1 rings (SSSR count). The Hall–Kier alpha value is -0.820. The van der Waals surface area contributed by atoms with Crippen LogP contribution in [0.5, 0.6) is 0 Å². The summed E-state index contributed by atoms with van der Waals surface area (Å²) < 4.78 is 0. The van der Waals surface area contributed by atoms with Gasteiger partial charge in [0.05, 0.1) is 0 Å². The first-order valence-electron chi connectivity index (χ1n) is 3.17. The maximum absolute atomic E-state index is 5.36. The van der Waals surface area contributed by atoms with Gasteiger partial charge in [0.15, 0.2) is 0 Å². The van der Waals surface area contributed by atoms with E-state index in [1.54, 1.807) is 0 Å². The molecule has 9 heavy (non-hydrogen) atoms. The molecule has 0 bridgehead atoms. The van der Waals surface area contributed by atoms with Crippen LogP contribution in [-0.4, -0.2) is 6.54 Å². The Balaban J connectivity index is 2.61. The molecule has 0 aliphatic heterocycles. The molecule has 48 valence electrons. The third-order valence-electron chi connectivity index (χ3n) is 1.28. The Morgan fingerprint density at radius 1 is 1.11 bits per heavy atom. The van der Waals surface area contributed by atoms with Crippen molar-refractivity contribution in [3.63, 3.8) is 0 Å². The van der Waals surface area contributed by atoms with Crippen molar-refractivity contribution < 1.29 is 0 Å². The molecular weight excluding hydrogens is 112 g/mol. The van der Waals surface area contributed by atoms with Gasteiger partial charge in [0.25, 0.3) is 0 Å². The molecule has 0 saturated carbocycles. The van der Waals surface area contributed by atoms with Gasteiger partial charge in [-0.25, -0.2) is 0 Å². The first-order chi connectivity index (χ1) is 4.43. The van der Waals surface area contributed by atoms with Crippen molar-refractivity contribution in [1.82, 2.24) is 0 Å². The molecule has 0 unspecified atom stereocenters. The Bertz CT molecular complexity index is 157. The van der Waals surface area contributed by atoms with Crippen LogP contribution in [0, 0.1) is 0 Å². The minimum atomic E-state index is 0.740. The van der Waals surface area contributed by atoms with Crippen LogP contribution >= 0.6 is 0 Å². The summed E-state index contributed by atoms with van der Waals surface area (Å²) in [4.78, 5) is 0. The van der Waals surface area contributed by atoms with Gasteiger partial charge in [0.1, 0.15) is 0 Å². The van der Waals surface area contributed by atoms with Gasteiger partial charge in [-0.15, -0.1) is 0 Å². The molecule has 0 aromatic heterocycles. The second-order valence-electron chi connectivity index (χ2n) is 2.02. The average Bonchev–Trinajstić information content (AvgIpc) is 1.91. The van der Waals surface area contributed by atoms with Gasteiger partial charge >= 0.3 is 0 Å². The molecule has 1 aromatic rings. The van der Waals surface area contributed by atoms with E-state index in [1.165, 1.54) is 5.56 Å². The van der Waals surface area contributed by atoms with E-state index in [0.717, 1.165) is 13.0 Å². The van der Waals surface area contributed by atoms with E-state index < -0.39 is 0 Å². The summed E-state index contributed by atoms with van der Waals surface area (Å²) in [7, 11) is 0. The van der Waals surface area contributed by atoms with Crippen LogP contribution in [0.15, 0.2) is 30.3 Å².